The molecule has 1 fully saturated rings. The molecule has 0 unspecified atom stereocenters. The topological polar surface area (TPSA) is 27.7 Å². The summed E-state index contributed by atoms with van der Waals surface area (Å²) in [6.07, 6.45) is 0.336. The van der Waals surface area contributed by atoms with Gasteiger partial charge in [-0.05, 0) is 32.9 Å². The van der Waals surface area contributed by atoms with Crippen LogP contribution in [-0.2, 0) is 13.6 Å². The van der Waals surface area contributed by atoms with Gasteiger partial charge in [0.1, 0.15) is 0 Å². The minimum atomic E-state index is -2.41. The highest BCUT2D eigenvalue weighted by atomic mass is 28.4. The highest BCUT2D eigenvalue weighted by molar-refractivity contribution is 6.81. The molecule has 0 saturated carbocycles. The lowest BCUT2D eigenvalue weighted by Crippen LogP contribution is -2.58. The summed E-state index contributed by atoms with van der Waals surface area (Å²) in [5.74, 6) is 0.569. The third kappa shape index (κ3) is 3.91. The third-order valence-corrected chi connectivity index (χ3v) is 7.36. The van der Waals surface area contributed by atoms with E-state index in [1.165, 1.54) is 5.19 Å². The summed E-state index contributed by atoms with van der Waals surface area (Å²) < 4.78 is 18.1. The minimum absolute atomic E-state index is 0.168. The van der Waals surface area contributed by atoms with Crippen molar-refractivity contribution in [1.29, 1.82) is 0 Å². The van der Waals surface area contributed by atoms with Crippen molar-refractivity contribution in [2.75, 3.05) is 13.2 Å². The fourth-order valence-electron chi connectivity index (χ4n) is 2.61. The van der Waals surface area contributed by atoms with Gasteiger partial charge in [-0.15, -0.1) is 0 Å². The van der Waals surface area contributed by atoms with Crippen molar-refractivity contribution in [3.63, 3.8) is 0 Å². The van der Waals surface area contributed by atoms with Crippen LogP contribution in [0.25, 0.3) is 0 Å². The van der Waals surface area contributed by atoms with Gasteiger partial charge in [-0.1, -0.05) is 30.3 Å². The Balaban J connectivity index is 2.30. The molecule has 1 aromatic rings. The Morgan fingerprint density at radius 2 is 1.60 bits per heavy atom. The SMILES string of the molecule is CC(C)O[Si](CC1COC1)(OC(C)C)c1ccccc1. The normalized spacial score (nSPS) is 16.7. The van der Waals surface area contributed by atoms with Gasteiger partial charge in [0.15, 0.2) is 0 Å². The molecule has 2 rings (SSSR count). The maximum absolute atomic E-state index is 6.40. The van der Waals surface area contributed by atoms with Crippen LogP contribution >= 0.6 is 0 Å². The van der Waals surface area contributed by atoms with Crippen LogP contribution in [0, 0.1) is 5.92 Å². The smallest absolute Gasteiger partial charge is 0.373 e. The molecular weight excluding hydrogens is 268 g/mol. The molecule has 20 heavy (non-hydrogen) atoms. The molecule has 3 nitrogen and oxygen atoms in total. The van der Waals surface area contributed by atoms with Crippen LogP contribution < -0.4 is 5.19 Å². The number of rotatable bonds is 7. The summed E-state index contributed by atoms with van der Waals surface area (Å²) in [5.41, 5.74) is 0. The van der Waals surface area contributed by atoms with Crippen molar-refractivity contribution >= 4 is 13.7 Å². The van der Waals surface area contributed by atoms with Gasteiger partial charge in [0.05, 0.1) is 13.2 Å². The van der Waals surface area contributed by atoms with Gasteiger partial charge in [0.25, 0.3) is 0 Å². The van der Waals surface area contributed by atoms with Crippen molar-refractivity contribution in [1.82, 2.24) is 0 Å². The van der Waals surface area contributed by atoms with E-state index in [2.05, 4.69) is 52.0 Å². The Labute approximate surface area is 123 Å². The minimum Gasteiger partial charge on any atom is -0.388 e. The molecule has 0 atom stereocenters. The molecule has 112 valence electrons. The Morgan fingerprint density at radius 1 is 1.05 bits per heavy atom. The molecule has 0 amide bonds. The predicted molar refractivity (Wildman–Crippen MR) is 83.4 cm³/mol. The van der Waals surface area contributed by atoms with E-state index in [4.69, 9.17) is 13.6 Å². The van der Waals surface area contributed by atoms with Crippen LogP contribution in [0.15, 0.2) is 30.3 Å². The Kier molecular flexibility index (Phi) is 5.38. The monoisotopic (exact) mass is 294 g/mol. The second-order valence-corrected chi connectivity index (χ2v) is 9.02. The maximum Gasteiger partial charge on any atom is 0.373 e. The molecule has 1 aromatic carbocycles. The van der Waals surface area contributed by atoms with Crippen LogP contribution in [0.2, 0.25) is 6.04 Å². The van der Waals surface area contributed by atoms with E-state index in [1.54, 1.807) is 0 Å². The summed E-state index contributed by atoms with van der Waals surface area (Å²) in [6.45, 7) is 10.0. The van der Waals surface area contributed by atoms with Gasteiger partial charge in [-0.2, -0.15) is 0 Å². The first-order chi connectivity index (χ1) is 9.52. The Bertz CT molecular complexity index is 391. The maximum atomic E-state index is 6.40. The summed E-state index contributed by atoms with van der Waals surface area (Å²) in [6, 6.07) is 11.5. The zero-order valence-corrected chi connectivity index (χ0v) is 14.0. The molecule has 1 aliphatic heterocycles. The molecule has 1 saturated heterocycles. The van der Waals surface area contributed by atoms with E-state index in [0.717, 1.165) is 19.3 Å². The molecule has 0 spiro atoms. The Hall–Kier alpha value is -0.683. The van der Waals surface area contributed by atoms with Gasteiger partial charge in [0, 0.05) is 24.2 Å². The van der Waals surface area contributed by atoms with E-state index in [0.29, 0.717) is 5.92 Å². The highest BCUT2D eigenvalue weighted by Gasteiger charge is 2.45. The number of ether oxygens (including phenoxy) is 1. The molecule has 0 aliphatic carbocycles. The fraction of sp³-hybridized carbons (Fsp3) is 0.625. The molecule has 0 bridgehead atoms. The van der Waals surface area contributed by atoms with E-state index in [9.17, 15) is 0 Å². The van der Waals surface area contributed by atoms with Crippen LogP contribution in [0.1, 0.15) is 27.7 Å². The van der Waals surface area contributed by atoms with E-state index < -0.39 is 8.56 Å². The van der Waals surface area contributed by atoms with Crippen LogP contribution in [0.4, 0.5) is 0 Å². The first kappa shape index (κ1) is 15.7. The molecule has 0 N–H and O–H groups in total. The number of hydrogen-bond donors (Lipinski definition) is 0. The second-order valence-electron chi connectivity index (χ2n) is 6.06. The number of benzene rings is 1. The standard InChI is InChI=1S/C16H26O3Si/c1-13(2)18-20(19-14(3)4,12-15-10-17-11-15)16-8-6-5-7-9-16/h5-9,13-15H,10-12H2,1-4H3. The summed E-state index contributed by atoms with van der Waals surface area (Å²) >= 11 is 0. The van der Waals surface area contributed by atoms with Gasteiger partial charge in [-0.25, -0.2) is 0 Å². The van der Waals surface area contributed by atoms with Gasteiger partial charge in [-0.3, -0.25) is 0 Å². The van der Waals surface area contributed by atoms with Crippen molar-refractivity contribution in [3.05, 3.63) is 30.3 Å². The Morgan fingerprint density at radius 3 is 2.00 bits per heavy atom. The summed E-state index contributed by atoms with van der Waals surface area (Å²) in [4.78, 5) is 0. The fourth-order valence-corrected chi connectivity index (χ4v) is 6.59. The summed E-state index contributed by atoms with van der Waals surface area (Å²) in [7, 11) is -2.41. The molecule has 0 aromatic heterocycles. The lowest BCUT2D eigenvalue weighted by atomic mass is 10.1. The first-order valence-electron chi connectivity index (χ1n) is 7.51. The van der Waals surface area contributed by atoms with Crippen molar-refractivity contribution in [2.24, 2.45) is 5.92 Å². The van der Waals surface area contributed by atoms with Crippen molar-refractivity contribution in [3.8, 4) is 0 Å². The van der Waals surface area contributed by atoms with E-state index in [1.807, 2.05) is 6.07 Å². The van der Waals surface area contributed by atoms with E-state index >= 15 is 0 Å². The summed E-state index contributed by atoms with van der Waals surface area (Å²) in [5, 5.41) is 1.23. The quantitative estimate of drug-likeness (QED) is 0.724. The zero-order valence-electron chi connectivity index (χ0n) is 13.0. The van der Waals surface area contributed by atoms with Crippen LogP contribution in [0.3, 0.4) is 0 Å². The molecule has 0 radical (unpaired) electrons. The zero-order chi connectivity index (χ0) is 14.6. The van der Waals surface area contributed by atoms with Gasteiger partial charge in [0.2, 0.25) is 0 Å². The molecular formula is C16H26O3Si. The lowest BCUT2D eigenvalue weighted by molar-refractivity contribution is -0.0289. The highest BCUT2D eigenvalue weighted by Crippen LogP contribution is 2.27. The largest absolute Gasteiger partial charge is 0.388 e. The lowest BCUT2D eigenvalue weighted by Gasteiger charge is -2.39. The van der Waals surface area contributed by atoms with E-state index in [-0.39, 0.29) is 12.2 Å². The molecule has 1 aliphatic rings. The van der Waals surface area contributed by atoms with Crippen LogP contribution in [-0.4, -0.2) is 34.0 Å². The molecule has 1 heterocycles. The van der Waals surface area contributed by atoms with Crippen molar-refractivity contribution < 1.29 is 13.6 Å². The number of hydrogen-bond acceptors (Lipinski definition) is 3. The molecule has 4 heteroatoms. The second kappa shape index (κ2) is 6.85. The first-order valence-corrected chi connectivity index (χ1v) is 9.53. The average molecular weight is 294 g/mol. The van der Waals surface area contributed by atoms with Gasteiger partial charge >= 0.3 is 8.56 Å². The van der Waals surface area contributed by atoms with Crippen molar-refractivity contribution in [2.45, 2.75) is 45.9 Å². The van der Waals surface area contributed by atoms with Gasteiger partial charge < -0.3 is 13.6 Å². The third-order valence-electron chi connectivity index (χ3n) is 3.33. The van der Waals surface area contributed by atoms with Crippen LogP contribution in [0.5, 0.6) is 0 Å². The predicted octanol–water partition coefficient (Wildman–Crippen LogP) is 2.83. The average Bonchev–Trinajstić information content (AvgIpc) is 2.33.